The van der Waals surface area contributed by atoms with Gasteiger partial charge >= 0.3 is 0 Å². The predicted octanol–water partition coefficient (Wildman–Crippen LogP) is 6.75. The van der Waals surface area contributed by atoms with Crippen LogP contribution in [0.15, 0.2) is 78.9 Å². The average Bonchev–Trinajstić information content (AvgIpc) is 2.73. The van der Waals surface area contributed by atoms with E-state index in [1.165, 1.54) is 17.7 Å². The molecule has 0 fully saturated rings. The zero-order valence-corrected chi connectivity index (χ0v) is 15.5. The van der Waals surface area contributed by atoms with Gasteiger partial charge in [0.15, 0.2) is 11.6 Å². The van der Waals surface area contributed by atoms with Crippen molar-refractivity contribution in [2.24, 2.45) is 0 Å². The topological polar surface area (TPSA) is 0 Å². The largest absolute Gasteiger partial charge is 0.204 e. The van der Waals surface area contributed by atoms with Crippen molar-refractivity contribution in [1.29, 1.82) is 0 Å². The van der Waals surface area contributed by atoms with E-state index in [0.29, 0.717) is 10.8 Å². The third-order valence-electron chi connectivity index (χ3n) is 4.81. The van der Waals surface area contributed by atoms with Crippen LogP contribution in [0.3, 0.4) is 0 Å². The molecule has 0 bridgehead atoms. The molecule has 0 N–H and O–H groups in total. The molecule has 28 heavy (non-hydrogen) atoms. The first-order chi connectivity index (χ1) is 13.6. The SMILES string of the molecule is CCc1ccc(C#Cc2ccc(-c3ccc4cc(F)c(F)cc4c3)cc2)cc1. The van der Waals surface area contributed by atoms with Crippen LogP contribution >= 0.6 is 0 Å². The molecule has 0 radical (unpaired) electrons. The van der Waals surface area contributed by atoms with E-state index < -0.39 is 11.6 Å². The number of rotatable bonds is 2. The van der Waals surface area contributed by atoms with Crippen LogP contribution in [0.4, 0.5) is 8.78 Å². The minimum Gasteiger partial charge on any atom is -0.204 e. The maximum atomic E-state index is 13.5. The fraction of sp³-hybridized carbons (Fsp3) is 0.0769. The maximum absolute atomic E-state index is 13.5. The predicted molar refractivity (Wildman–Crippen MR) is 111 cm³/mol. The van der Waals surface area contributed by atoms with Crippen molar-refractivity contribution in [3.63, 3.8) is 0 Å². The van der Waals surface area contributed by atoms with Gasteiger partial charge in [-0.1, -0.05) is 55.2 Å². The van der Waals surface area contributed by atoms with Gasteiger partial charge in [0.2, 0.25) is 0 Å². The van der Waals surface area contributed by atoms with Gasteiger partial charge in [-0.3, -0.25) is 0 Å². The lowest BCUT2D eigenvalue weighted by Gasteiger charge is -2.05. The van der Waals surface area contributed by atoms with Crippen molar-refractivity contribution in [3.8, 4) is 23.0 Å². The lowest BCUT2D eigenvalue weighted by Crippen LogP contribution is -1.85. The molecule has 0 saturated heterocycles. The first-order valence-corrected chi connectivity index (χ1v) is 9.22. The van der Waals surface area contributed by atoms with E-state index in [9.17, 15) is 8.78 Å². The van der Waals surface area contributed by atoms with Crippen molar-refractivity contribution in [2.75, 3.05) is 0 Å². The molecule has 0 aromatic heterocycles. The van der Waals surface area contributed by atoms with E-state index in [1.807, 2.05) is 48.5 Å². The number of aryl methyl sites for hydroxylation is 1. The Morgan fingerprint density at radius 1 is 0.607 bits per heavy atom. The standard InChI is InChI=1S/C26H18F2/c1-2-18-3-5-19(6-4-18)7-8-20-9-11-21(12-10-20)22-13-14-23-16-25(27)26(28)17-24(23)15-22/h3-6,9-17H,2H2,1H3. The molecule has 0 heterocycles. The fourth-order valence-corrected chi connectivity index (χ4v) is 3.14. The lowest BCUT2D eigenvalue weighted by atomic mass is 10.00. The van der Waals surface area contributed by atoms with Crippen LogP contribution in [0.25, 0.3) is 21.9 Å². The molecule has 0 atom stereocenters. The van der Waals surface area contributed by atoms with E-state index in [4.69, 9.17) is 0 Å². The molecule has 136 valence electrons. The van der Waals surface area contributed by atoms with Gasteiger partial charge in [-0.2, -0.15) is 0 Å². The fourth-order valence-electron chi connectivity index (χ4n) is 3.14. The van der Waals surface area contributed by atoms with Crippen molar-refractivity contribution in [2.45, 2.75) is 13.3 Å². The summed E-state index contributed by atoms with van der Waals surface area (Å²) in [6.07, 6.45) is 1.02. The van der Waals surface area contributed by atoms with Gasteiger partial charge in [-0.05, 0) is 76.3 Å². The third kappa shape index (κ3) is 3.80. The van der Waals surface area contributed by atoms with Crippen LogP contribution in [-0.2, 0) is 6.42 Å². The number of hydrogen-bond acceptors (Lipinski definition) is 0. The zero-order valence-electron chi connectivity index (χ0n) is 15.5. The van der Waals surface area contributed by atoms with E-state index in [1.54, 1.807) is 6.07 Å². The minimum atomic E-state index is -0.831. The van der Waals surface area contributed by atoms with Crippen LogP contribution in [-0.4, -0.2) is 0 Å². The number of halogens is 2. The Morgan fingerprint density at radius 3 is 1.75 bits per heavy atom. The van der Waals surface area contributed by atoms with Crippen LogP contribution < -0.4 is 0 Å². The molecule has 0 saturated carbocycles. The van der Waals surface area contributed by atoms with Gasteiger partial charge in [-0.25, -0.2) is 8.78 Å². The molecule has 0 aliphatic carbocycles. The number of hydrogen-bond donors (Lipinski definition) is 0. The van der Waals surface area contributed by atoms with Crippen molar-refractivity contribution in [1.82, 2.24) is 0 Å². The van der Waals surface area contributed by atoms with Crippen molar-refractivity contribution >= 4 is 10.8 Å². The van der Waals surface area contributed by atoms with Gasteiger partial charge in [0.1, 0.15) is 0 Å². The molecule has 4 rings (SSSR count). The summed E-state index contributed by atoms with van der Waals surface area (Å²) in [5, 5.41) is 1.36. The van der Waals surface area contributed by atoms with Crippen molar-refractivity contribution in [3.05, 3.63) is 107 Å². The Hall–Kier alpha value is -3.44. The monoisotopic (exact) mass is 368 g/mol. The second-order valence-electron chi connectivity index (χ2n) is 6.71. The summed E-state index contributed by atoms with van der Waals surface area (Å²) in [4.78, 5) is 0. The second-order valence-corrected chi connectivity index (χ2v) is 6.71. The van der Waals surface area contributed by atoms with E-state index in [-0.39, 0.29) is 0 Å². The smallest absolute Gasteiger partial charge is 0.159 e. The summed E-state index contributed by atoms with van der Waals surface area (Å²) in [6.45, 7) is 2.13. The first kappa shape index (κ1) is 17.9. The van der Waals surface area contributed by atoms with Crippen LogP contribution in [0.1, 0.15) is 23.6 Å². The Morgan fingerprint density at radius 2 is 1.14 bits per heavy atom. The number of benzene rings is 4. The van der Waals surface area contributed by atoms with Crippen LogP contribution in [0, 0.1) is 23.5 Å². The lowest BCUT2D eigenvalue weighted by molar-refractivity contribution is 0.511. The molecular formula is C26H18F2. The summed E-state index contributed by atoms with van der Waals surface area (Å²) >= 11 is 0. The molecular weight excluding hydrogens is 350 g/mol. The van der Waals surface area contributed by atoms with Gasteiger partial charge in [0, 0.05) is 11.1 Å². The van der Waals surface area contributed by atoms with Crippen LogP contribution in [0.2, 0.25) is 0 Å². The van der Waals surface area contributed by atoms with E-state index in [0.717, 1.165) is 28.7 Å². The molecule has 0 spiro atoms. The summed E-state index contributed by atoms with van der Waals surface area (Å²) in [5.74, 6) is 4.70. The molecule has 0 unspecified atom stereocenters. The second kappa shape index (κ2) is 7.66. The molecule has 2 heteroatoms. The highest BCUT2D eigenvalue weighted by Crippen LogP contribution is 2.26. The Labute approximate surface area is 163 Å². The first-order valence-electron chi connectivity index (χ1n) is 9.22. The van der Waals surface area contributed by atoms with Crippen molar-refractivity contribution < 1.29 is 8.78 Å². The summed E-state index contributed by atoms with van der Waals surface area (Å²) in [5.41, 5.74) is 5.17. The molecule has 4 aromatic carbocycles. The van der Waals surface area contributed by atoms with E-state index >= 15 is 0 Å². The molecule has 0 aliphatic rings. The summed E-state index contributed by atoms with van der Waals surface area (Å²) < 4.78 is 26.9. The average molecular weight is 368 g/mol. The number of fused-ring (bicyclic) bond motifs is 1. The normalized spacial score (nSPS) is 10.5. The minimum absolute atomic E-state index is 0.677. The van der Waals surface area contributed by atoms with Crippen LogP contribution in [0.5, 0.6) is 0 Å². The molecule has 0 nitrogen and oxygen atoms in total. The van der Waals surface area contributed by atoms with Gasteiger partial charge in [0.05, 0.1) is 0 Å². The Balaban J connectivity index is 1.58. The highest BCUT2D eigenvalue weighted by Gasteiger charge is 2.05. The summed E-state index contributed by atoms with van der Waals surface area (Å²) in [7, 11) is 0. The van der Waals surface area contributed by atoms with E-state index in [2.05, 4.69) is 30.9 Å². The Bertz CT molecular complexity index is 1190. The van der Waals surface area contributed by atoms with Gasteiger partial charge in [-0.15, -0.1) is 0 Å². The highest BCUT2D eigenvalue weighted by atomic mass is 19.2. The molecule has 4 aromatic rings. The summed E-state index contributed by atoms with van der Waals surface area (Å²) in [6, 6.07) is 24.2. The Kier molecular flexibility index (Phi) is 4.91. The quantitative estimate of drug-likeness (QED) is 0.343. The van der Waals surface area contributed by atoms with Gasteiger partial charge < -0.3 is 0 Å². The molecule has 0 amide bonds. The third-order valence-corrected chi connectivity index (χ3v) is 4.81. The highest BCUT2D eigenvalue weighted by molar-refractivity contribution is 5.87. The maximum Gasteiger partial charge on any atom is 0.159 e. The molecule has 0 aliphatic heterocycles. The van der Waals surface area contributed by atoms with Gasteiger partial charge in [0.25, 0.3) is 0 Å². The zero-order chi connectivity index (χ0) is 19.5.